The summed E-state index contributed by atoms with van der Waals surface area (Å²) in [5, 5.41) is 55.0. The third-order valence-corrected chi connectivity index (χ3v) is 12.2. The van der Waals surface area contributed by atoms with E-state index in [-0.39, 0.29) is 127 Å². The smallest absolute Gasteiger partial charge is 0.744 e. The number of thiol groups is 1. The molecule has 0 spiro atoms. The van der Waals surface area contributed by atoms with E-state index >= 15 is 0 Å². The number of carbonyl (C=O) groups excluding carboxylic acids is 5. The molecule has 1 saturated heterocycles. The molecule has 2 aliphatic heterocycles. The third-order valence-electron chi connectivity index (χ3n) is 10.0. The van der Waals surface area contributed by atoms with Gasteiger partial charge in [-0.2, -0.15) is 17.6 Å². The molecule has 7 rings (SSSR count). The van der Waals surface area contributed by atoms with Gasteiger partial charge < -0.3 is 70.7 Å². The number of anilines is 2. The maximum absolute atomic E-state index is 12.0. The van der Waals surface area contributed by atoms with Crippen molar-refractivity contribution in [2.24, 2.45) is 0 Å². The summed E-state index contributed by atoms with van der Waals surface area (Å²) in [6, 6.07) is 7.94. The number of H-pyrrole nitrogens is 1. The van der Waals surface area contributed by atoms with Crippen molar-refractivity contribution in [2.45, 2.75) is 68.6 Å². The average molecular weight is 1220 g/mol. The number of hydrogen-bond acceptors (Lipinski definition) is 26. The van der Waals surface area contributed by atoms with Crippen LogP contribution in [0.15, 0.2) is 73.9 Å². The van der Waals surface area contributed by atoms with Crippen molar-refractivity contribution in [1.29, 1.82) is 5.41 Å². The van der Waals surface area contributed by atoms with Crippen LogP contribution in [0.1, 0.15) is 50.4 Å². The van der Waals surface area contributed by atoms with E-state index in [1.807, 2.05) is 5.32 Å². The first-order chi connectivity index (χ1) is 38.2. The number of aromatic carboxylic acids is 1. The molecule has 0 radical (unpaired) electrons. The second-order valence-corrected chi connectivity index (χ2v) is 19.1. The predicted molar refractivity (Wildman–Crippen MR) is 276 cm³/mol. The van der Waals surface area contributed by atoms with Crippen molar-refractivity contribution in [3.05, 3.63) is 76.1 Å². The van der Waals surface area contributed by atoms with Gasteiger partial charge in [0.05, 0.1) is 42.6 Å². The summed E-state index contributed by atoms with van der Waals surface area (Å²) < 4.78 is 83.8. The molecule has 0 bridgehead atoms. The van der Waals surface area contributed by atoms with Crippen LogP contribution in [-0.2, 0) is 74.9 Å². The number of imidazole rings is 1. The van der Waals surface area contributed by atoms with Crippen LogP contribution in [0.3, 0.4) is 0 Å². The van der Waals surface area contributed by atoms with E-state index in [2.05, 4.69) is 37.7 Å². The first-order valence-electron chi connectivity index (χ1n) is 22.5. The number of amides is 4. The number of nitrogens with one attached hydrogen (secondary N) is 4. The Hall–Kier alpha value is -8.21. The molecule has 4 amide bonds. The molecule has 2 atom stereocenters. The summed E-state index contributed by atoms with van der Waals surface area (Å²) in [5.41, 5.74) is 9.76. The first kappa shape index (κ1) is 73.8. The Bertz CT molecular complexity index is 3750. The first-order valence-corrected chi connectivity index (χ1v) is 26.0. The molecule has 2 aromatic carbocycles. The Balaban J connectivity index is 0.000000580. The molecule has 4 heterocycles. The van der Waals surface area contributed by atoms with E-state index < -0.39 is 118 Å². The number of fused-ring (bicyclic) bond motifs is 3. The Morgan fingerprint density at radius 3 is 1.87 bits per heavy atom. The molecular formula is C45H48Li2N10O24S3. The maximum atomic E-state index is 12.0. The van der Waals surface area contributed by atoms with Crippen LogP contribution in [0.25, 0.3) is 44.6 Å². The Morgan fingerprint density at radius 1 is 0.833 bits per heavy atom. The minimum Gasteiger partial charge on any atom is -0.744 e. The number of carboxylic acid groups (broad SMARTS) is 4. The second kappa shape index (κ2) is 32.6. The number of aromatic nitrogens is 4. The van der Waals surface area contributed by atoms with Gasteiger partial charge >= 0.3 is 67.6 Å². The standard InChI is InChI=1S/C20H14N2O9S2.C8H11N5O3.C6H9NO5.C6H7NO4.C5H9NO3S.2Li/c21-13-7-5-11-15(9-3-1-2-4-10(9)20(23)24)12-6-8-14(22)19(33(28,29)30)17(12)31-16(11)18(13)32(25,26)27;9-8-11-6-5(7(15)12-8)10-3-13(6)4-16-2-1-14;1-3(8)7-4(6(11)12)2-5(9)10;1-4(8)11-7-5(9)2-3-6(7)10;1-3(7)6-4(2-10)5(8)9;;/h1-8,21H,22H2,(H,23,24)(H,25,26,27)(H,28,29,30);3,14H,1-2,4H2,(H3,9,11,12,15);4H,2H2,1H3,(H,7,8)(H,9,10)(H,11,12);2-3H2,1H3;4,10H,2H2,1H3,(H,6,7)(H,8,9);;/q;;;;;2*+1/p-2. The Kier molecular flexibility index (Phi) is 28.6. The Morgan fingerprint density at radius 2 is 1.39 bits per heavy atom. The molecule has 4 aromatic rings. The number of hydrogen-bond donors (Lipinski definition) is 12. The van der Waals surface area contributed by atoms with Crippen molar-refractivity contribution in [3.8, 4) is 22.5 Å². The number of ether oxygens (including phenoxy) is 1. The molecule has 2 aromatic heterocycles. The maximum Gasteiger partial charge on any atom is 1.00 e. The van der Waals surface area contributed by atoms with E-state index in [9.17, 15) is 79.0 Å². The number of nitrogens with zero attached hydrogens (tertiary/aromatic N) is 4. The van der Waals surface area contributed by atoms with Crippen molar-refractivity contribution in [1.82, 2.24) is 35.2 Å². The molecule has 3 aliphatic rings. The minimum absolute atomic E-state index is 0. The van der Waals surface area contributed by atoms with Crippen molar-refractivity contribution >= 4 is 120 Å². The number of nitrogens with two attached hydrogens (primary N) is 2. The van der Waals surface area contributed by atoms with Gasteiger partial charge in [-0.3, -0.25) is 43.7 Å². The van der Waals surface area contributed by atoms with E-state index in [1.54, 1.807) is 0 Å². The molecular weight excluding hydrogens is 1170 g/mol. The van der Waals surface area contributed by atoms with Gasteiger partial charge in [-0.1, -0.05) is 18.2 Å². The van der Waals surface area contributed by atoms with Gasteiger partial charge in [0, 0.05) is 55.9 Å². The number of aliphatic hydroxyl groups excluding tert-OH is 1. The molecule has 13 N–H and O–H groups in total. The van der Waals surface area contributed by atoms with Gasteiger partial charge in [0.25, 0.3) is 17.4 Å². The third kappa shape index (κ3) is 20.6. The fourth-order valence-electron chi connectivity index (χ4n) is 6.80. The van der Waals surface area contributed by atoms with E-state index in [1.165, 1.54) is 54.2 Å². The van der Waals surface area contributed by atoms with Gasteiger partial charge in [-0.05, 0) is 35.9 Å². The molecule has 1 aliphatic carbocycles. The number of benzene rings is 3. The SMILES string of the molecule is CC(=O)NC(CC(=O)O)C(=O)O.CC(=O)NC(CS)C(=O)O.CC(=O)ON1C(=O)CCC1=O.N=c1ccc2c(-c3ccccc3C(=O)O)c3ccc(N)c(S(=O)(=O)[O-])c3oc-2c1S(=O)(=O)[O-].Nc1nc2c(ncn2COCCO)c(=O)[nH]1.[Li+].[Li+]. The zero-order valence-corrected chi connectivity index (χ0v) is 47.0. The van der Waals surface area contributed by atoms with Crippen molar-refractivity contribution in [2.75, 3.05) is 30.4 Å². The van der Waals surface area contributed by atoms with Gasteiger partial charge in [0.2, 0.25) is 17.8 Å². The zero-order valence-electron chi connectivity index (χ0n) is 44.5. The quantitative estimate of drug-likeness (QED) is 0.00815. The number of aromatic amines is 1. The van der Waals surface area contributed by atoms with Crippen LogP contribution in [0.2, 0.25) is 0 Å². The van der Waals surface area contributed by atoms with Crippen molar-refractivity contribution in [3.63, 3.8) is 0 Å². The number of aliphatic hydroxyl groups is 1. The summed E-state index contributed by atoms with van der Waals surface area (Å²) in [7, 11) is -10.6. The summed E-state index contributed by atoms with van der Waals surface area (Å²) >= 11 is 3.73. The molecule has 39 heteroatoms. The summed E-state index contributed by atoms with van der Waals surface area (Å²) in [5.74, 6) is -8.11. The van der Waals surface area contributed by atoms with Crippen LogP contribution in [0, 0.1) is 5.41 Å². The zero-order chi connectivity index (χ0) is 62.1. The normalized spacial score (nSPS) is 12.3. The fourth-order valence-corrected chi connectivity index (χ4v) is 8.50. The largest absolute Gasteiger partial charge is 1.00 e. The van der Waals surface area contributed by atoms with Crippen LogP contribution >= 0.6 is 12.6 Å². The molecule has 2 unspecified atom stereocenters. The predicted octanol–water partition coefficient (Wildman–Crippen LogP) is -7.38. The van der Waals surface area contributed by atoms with Crippen LogP contribution in [-0.4, -0.2) is 161 Å². The topological polar surface area (TPSA) is 568 Å². The van der Waals surface area contributed by atoms with E-state index in [0.717, 1.165) is 26.0 Å². The van der Waals surface area contributed by atoms with Crippen LogP contribution in [0.5, 0.6) is 0 Å². The molecule has 0 saturated carbocycles. The molecule has 84 heavy (non-hydrogen) atoms. The van der Waals surface area contributed by atoms with Crippen LogP contribution in [0.4, 0.5) is 11.6 Å². The number of carbonyl (C=O) groups is 9. The number of aliphatic carboxylic acids is 3. The number of imide groups is 1. The Labute approximate surface area is 502 Å². The van der Waals surface area contributed by atoms with Gasteiger partial charge in [0.15, 0.2) is 22.5 Å². The fraction of sp³-hybridized carbons (Fsp3) is 0.267. The molecule has 442 valence electrons. The van der Waals surface area contributed by atoms with Gasteiger partial charge in [-0.25, -0.2) is 41.0 Å². The van der Waals surface area contributed by atoms with E-state index in [0.29, 0.717) is 10.7 Å². The summed E-state index contributed by atoms with van der Waals surface area (Å²) in [6.45, 7) is 3.82. The van der Waals surface area contributed by atoms with Gasteiger partial charge in [-0.15, -0.1) is 5.06 Å². The number of nitrogen functional groups attached to an aromatic ring is 2. The minimum atomic E-state index is -5.32. The number of hydroxylamine groups is 2. The van der Waals surface area contributed by atoms with E-state index in [4.69, 9.17) is 46.5 Å². The van der Waals surface area contributed by atoms with Gasteiger partial charge in [0.1, 0.15) is 48.8 Å². The molecule has 1 fully saturated rings. The average Bonchev–Trinajstić information content (AvgIpc) is 2.49. The number of carboxylic acids is 4. The molecule has 34 nitrogen and oxygen atoms in total. The van der Waals surface area contributed by atoms with Crippen LogP contribution < -0.4 is 70.7 Å². The monoisotopic (exact) mass is 1220 g/mol. The summed E-state index contributed by atoms with van der Waals surface area (Å²) in [4.78, 5) is 119. The second-order valence-electron chi connectivity index (χ2n) is 16.1. The summed E-state index contributed by atoms with van der Waals surface area (Å²) in [6.07, 6.45) is 1.08. The number of rotatable bonds is 16. The van der Waals surface area contributed by atoms with Crippen molar-refractivity contribution < 1.29 is 146 Å².